The summed E-state index contributed by atoms with van der Waals surface area (Å²) in [6.07, 6.45) is 4.17. The number of carboxylic acids is 1. The van der Waals surface area contributed by atoms with Crippen molar-refractivity contribution in [3.8, 4) is 17.2 Å². The second kappa shape index (κ2) is 11.4. The molecule has 1 amide bonds. The number of anilines is 1. The Labute approximate surface area is 221 Å². The van der Waals surface area contributed by atoms with Crippen molar-refractivity contribution in [2.75, 3.05) is 11.9 Å². The molecule has 0 aliphatic carbocycles. The molecule has 3 heterocycles. The molecule has 0 spiro atoms. The van der Waals surface area contributed by atoms with Crippen LogP contribution < -0.4 is 20.1 Å². The summed E-state index contributed by atoms with van der Waals surface area (Å²) in [5, 5.41) is 17.6. The summed E-state index contributed by atoms with van der Waals surface area (Å²) < 4.78 is 26.4. The number of nitrogens with one attached hydrogen (secondary N) is 2. The first kappa shape index (κ1) is 25.3. The van der Waals surface area contributed by atoms with Gasteiger partial charge in [-0.3, -0.25) is 9.78 Å². The molecule has 0 saturated carbocycles. The number of halogens is 1. The first-order valence-corrected chi connectivity index (χ1v) is 12.7. The van der Waals surface area contributed by atoms with Crippen molar-refractivity contribution in [3.05, 3.63) is 94.5 Å². The van der Waals surface area contributed by atoms with Crippen molar-refractivity contribution >= 4 is 28.3 Å². The molecule has 194 valence electrons. The van der Waals surface area contributed by atoms with Crippen LogP contribution in [0.4, 0.5) is 9.52 Å². The zero-order valence-electron chi connectivity index (χ0n) is 20.0. The van der Waals surface area contributed by atoms with E-state index in [0.717, 1.165) is 23.3 Å². The summed E-state index contributed by atoms with van der Waals surface area (Å²) in [5.41, 5.74) is 2.11. The Morgan fingerprint density at radius 1 is 1.13 bits per heavy atom. The maximum Gasteiger partial charge on any atom is 0.338 e. The van der Waals surface area contributed by atoms with Crippen molar-refractivity contribution in [1.82, 2.24) is 15.3 Å². The van der Waals surface area contributed by atoms with E-state index in [1.165, 1.54) is 17.4 Å². The lowest BCUT2D eigenvalue weighted by atomic mass is 9.91. The first-order chi connectivity index (χ1) is 18.5. The van der Waals surface area contributed by atoms with Gasteiger partial charge in [0.05, 0.1) is 11.3 Å². The first-order valence-electron chi connectivity index (χ1n) is 11.8. The number of rotatable bonds is 9. The third-order valence-corrected chi connectivity index (χ3v) is 6.62. The zero-order chi connectivity index (χ0) is 26.5. The molecule has 0 saturated heterocycles. The number of carboxylic acid groups (broad SMARTS) is 1. The van der Waals surface area contributed by atoms with Gasteiger partial charge in [-0.05, 0) is 60.5 Å². The molecule has 1 unspecified atom stereocenters. The molecule has 0 bridgehead atoms. The van der Waals surface area contributed by atoms with Gasteiger partial charge in [0.2, 0.25) is 5.91 Å². The number of aromatic carboxylic acids is 1. The van der Waals surface area contributed by atoms with Gasteiger partial charge in [0, 0.05) is 36.3 Å². The number of benzene rings is 2. The van der Waals surface area contributed by atoms with E-state index in [9.17, 15) is 14.0 Å². The summed E-state index contributed by atoms with van der Waals surface area (Å²) in [6, 6.07) is 12.4. The predicted molar refractivity (Wildman–Crippen MR) is 138 cm³/mol. The molecular formula is C27H23FN4O5S. The van der Waals surface area contributed by atoms with Crippen molar-refractivity contribution < 1.29 is 28.6 Å². The van der Waals surface area contributed by atoms with E-state index in [4.69, 9.17) is 14.6 Å². The molecule has 1 aliphatic rings. The molecular weight excluding hydrogens is 511 g/mol. The number of carbonyl (C=O) groups excluding carboxylic acids is 1. The van der Waals surface area contributed by atoms with E-state index in [-0.39, 0.29) is 30.7 Å². The Morgan fingerprint density at radius 2 is 2.03 bits per heavy atom. The lowest BCUT2D eigenvalue weighted by molar-refractivity contribution is -0.116. The number of nitrogens with zero attached hydrogens (tertiary/aromatic N) is 2. The molecule has 4 aromatic rings. The second-order valence-electron chi connectivity index (χ2n) is 8.50. The van der Waals surface area contributed by atoms with Crippen LogP contribution in [0.5, 0.6) is 17.2 Å². The molecule has 0 fully saturated rings. The summed E-state index contributed by atoms with van der Waals surface area (Å²) in [4.78, 5) is 32.2. The van der Waals surface area contributed by atoms with Crippen molar-refractivity contribution in [3.63, 3.8) is 0 Å². The van der Waals surface area contributed by atoms with Gasteiger partial charge < -0.3 is 25.2 Å². The van der Waals surface area contributed by atoms with E-state index in [1.54, 1.807) is 23.8 Å². The van der Waals surface area contributed by atoms with Crippen molar-refractivity contribution in [2.45, 2.75) is 25.5 Å². The predicted octanol–water partition coefficient (Wildman–Crippen LogP) is 4.96. The standard InChI is InChI=1S/C27H23FN4O5S/c28-21-12-18(4-5-19(21)26(34)35)37-24-13-20-16(11-23(24)36-15-17-3-1-2-7-29-17)6-8-30-22(20)14-25(33)32-27-31-9-10-38-27/h1-5,7,9-13,22,30H,6,8,14-15H2,(H,34,35)(H,31,32,33). The third kappa shape index (κ3) is 5.96. The minimum atomic E-state index is -1.37. The fourth-order valence-electron chi connectivity index (χ4n) is 4.16. The number of aromatic nitrogens is 2. The highest BCUT2D eigenvalue weighted by molar-refractivity contribution is 7.13. The van der Waals surface area contributed by atoms with Crippen LogP contribution in [0.3, 0.4) is 0 Å². The summed E-state index contributed by atoms with van der Waals surface area (Å²) in [7, 11) is 0. The molecule has 11 heteroatoms. The Balaban J connectivity index is 1.44. The van der Waals surface area contributed by atoms with Crippen LogP contribution in [0.25, 0.3) is 0 Å². The quantitative estimate of drug-likeness (QED) is 0.275. The Hall–Kier alpha value is -4.35. The normalized spacial score (nSPS) is 14.4. The number of hydrogen-bond donors (Lipinski definition) is 3. The van der Waals surface area contributed by atoms with Crippen LogP contribution in [0.2, 0.25) is 0 Å². The fourth-order valence-corrected chi connectivity index (χ4v) is 4.71. The molecule has 0 radical (unpaired) electrons. The molecule has 1 aliphatic heterocycles. The molecule has 3 N–H and O–H groups in total. The largest absolute Gasteiger partial charge is 0.483 e. The monoisotopic (exact) mass is 534 g/mol. The van der Waals surface area contributed by atoms with E-state index < -0.39 is 17.3 Å². The van der Waals surface area contributed by atoms with Gasteiger partial charge >= 0.3 is 5.97 Å². The number of hydrogen-bond acceptors (Lipinski definition) is 8. The maximum atomic E-state index is 14.3. The van der Waals surface area contributed by atoms with Gasteiger partial charge in [-0.2, -0.15) is 0 Å². The van der Waals surface area contributed by atoms with Gasteiger partial charge in [-0.1, -0.05) is 6.07 Å². The average Bonchev–Trinajstić information content (AvgIpc) is 3.41. The highest BCUT2D eigenvalue weighted by Crippen LogP contribution is 2.39. The molecule has 2 aromatic carbocycles. The number of amides is 1. The summed E-state index contributed by atoms with van der Waals surface area (Å²) >= 11 is 1.34. The van der Waals surface area contributed by atoms with Gasteiger partial charge in [-0.25, -0.2) is 14.2 Å². The van der Waals surface area contributed by atoms with Gasteiger partial charge in [0.15, 0.2) is 16.6 Å². The molecule has 9 nitrogen and oxygen atoms in total. The Bertz CT molecular complexity index is 1450. The van der Waals surface area contributed by atoms with E-state index in [0.29, 0.717) is 35.3 Å². The van der Waals surface area contributed by atoms with Crippen LogP contribution in [0.1, 0.15) is 39.6 Å². The van der Waals surface area contributed by atoms with E-state index >= 15 is 0 Å². The summed E-state index contributed by atoms with van der Waals surface area (Å²) in [5.74, 6) is -1.64. The van der Waals surface area contributed by atoms with Crippen LogP contribution in [-0.4, -0.2) is 33.5 Å². The van der Waals surface area contributed by atoms with Gasteiger partial charge in [0.25, 0.3) is 0 Å². The molecule has 38 heavy (non-hydrogen) atoms. The van der Waals surface area contributed by atoms with Crippen molar-refractivity contribution in [2.24, 2.45) is 0 Å². The van der Waals surface area contributed by atoms with E-state index in [2.05, 4.69) is 20.6 Å². The van der Waals surface area contributed by atoms with Crippen LogP contribution in [0, 0.1) is 5.82 Å². The van der Waals surface area contributed by atoms with Crippen LogP contribution in [0.15, 0.2) is 66.3 Å². The van der Waals surface area contributed by atoms with Gasteiger partial charge in [-0.15, -0.1) is 11.3 Å². The minimum Gasteiger partial charge on any atom is -0.483 e. The number of fused-ring (bicyclic) bond motifs is 1. The van der Waals surface area contributed by atoms with Gasteiger partial charge in [0.1, 0.15) is 18.2 Å². The number of carbonyl (C=O) groups is 2. The molecule has 2 aromatic heterocycles. The van der Waals surface area contributed by atoms with Crippen LogP contribution in [-0.2, 0) is 17.8 Å². The number of ether oxygens (including phenoxy) is 2. The van der Waals surface area contributed by atoms with Crippen molar-refractivity contribution in [1.29, 1.82) is 0 Å². The SMILES string of the molecule is O=C(CC1NCCc2cc(OCc3ccccn3)c(Oc3ccc(C(=O)O)c(F)c3)cc21)Nc1nccs1. The highest BCUT2D eigenvalue weighted by atomic mass is 32.1. The maximum absolute atomic E-state index is 14.3. The highest BCUT2D eigenvalue weighted by Gasteiger charge is 2.26. The summed E-state index contributed by atoms with van der Waals surface area (Å²) in [6.45, 7) is 0.851. The molecule has 5 rings (SSSR count). The number of pyridine rings is 1. The van der Waals surface area contributed by atoms with Crippen LogP contribution >= 0.6 is 11.3 Å². The smallest absolute Gasteiger partial charge is 0.338 e. The Morgan fingerprint density at radius 3 is 2.76 bits per heavy atom. The lowest BCUT2D eigenvalue weighted by Crippen LogP contribution is -2.32. The van der Waals surface area contributed by atoms with E-state index in [1.807, 2.05) is 24.3 Å². The topological polar surface area (TPSA) is 123 Å². The average molecular weight is 535 g/mol. The minimum absolute atomic E-state index is 0.108. The zero-order valence-corrected chi connectivity index (χ0v) is 20.8. The molecule has 1 atom stereocenters. The fraction of sp³-hybridized carbons (Fsp3) is 0.185. The Kier molecular flexibility index (Phi) is 7.57. The lowest BCUT2D eigenvalue weighted by Gasteiger charge is -2.28. The third-order valence-electron chi connectivity index (χ3n) is 5.93. The second-order valence-corrected chi connectivity index (χ2v) is 9.40. The number of thiazole rings is 1.